The van der Waals surface area contributed by atoms with Crippen molar-refractivity contribution in [3.05, 3.63) is 87.7 Å². The van der Waals surface area contributed by atoms with E-state index < -0.39 is 36.5 Å². The molecule has 0 aliphatic rings. The zero-order valence-electron chi connectivity index (χ0n) is 16.9. The largest absolute Gasteiger partial charge is 0.277 e. The van der Waals surface area contributed by atoms with Crippen LogP contribution in [0.1, 0.15) is 11.1 Å². The van der Waals surface area contributed by atoms with Crippen LogP contribution in [-0.2, 0) is 20.0 Å². The summed E-state index contributed by atoms with van der Waals surface area (Å²) < 4.78 is 69.0. The summed E-state index contributed by atoms with van der Waals surface area (Å²) in [6.07, 6.45) is 0. The average molecular weight is 480 g/mol. The molecule has 0 aromatic heterocycles. The third kappa shape index (κ3) is 4.86. The Labute approximate surface area is 184 Å². The molecule has 0 bridgehead atoms. The number of para-hydroxylation sites is 2. The average Bonchev–Trinajstić information content (AvgIpc) is 2.71. The molecule has 0 saturated carbocycles. The number of benzene rings is 3. The Morgan fingerprint density at radius 1 is 0.844 bits per heavy atom. The van der Waals surface area contributed by atoms with Crippen molar-refractivity contribution in [2.24, 2.45) is 0 Å². The molecule has 3 aromatic rings. The highest BCUT2D eigenvalue weighted by Crippen LogP contribution is 2.30. The van der Waals surface area contributed by atoms with E-state index >= 15 is 0 Å². The topological polar surface area (TPSA) is 135 Å². The molecule has 0 saturated heterocycles. The normalized spacial score (nSPS) is 11.7. The number of nitrogens with zero attached hydrogens (tertiary/aromatic N) is 1. The lowest BCUT2D eigenvalue weighted by molar-refractivity contribution is -0.385. The zero-order chi connectivity index (χ0) is 23.7. The van der Waals surface area contributed by atoms with E-state index in [1.165, 1.54) is 37.3 Å². The monoisotopic (exact) mass is 479 g/mol. The number of anilines is 2. The van der Waals surface area contributed by atoms with E-state index in [2.05, 4.69) is 9.44 Å². The molecule has 168 valence electrons. The van der Waals surface area contributed by atoms with Crippen molar-refractivity contribution < 1.29 is 26.1 Å². The van der Waals surface area contributed by atoms with E-state index in [4.69, 9.17) is 0 Å². The molecule has 32 heavy (non-hydrogen) atoms. The smallest absolute Gasteiger partial charge is 0.271 e. The van der Waals surface area contributed by atoms with Crippen LogP contribution in [0.5, 0.6) is 0 Å². The lowest BCUT2D eigenvalue weighted by Gasteiger charge is -2.16. The van der Waals surface area contributed by atoms with Crippen LogP contribution in [0, 0.1) is 29.8 Å². The van der Waals surface area contributed by atoms with Crippen LogP contribution >= 0.6 is 0 Å². The Kier molecular flexibility index (Phi) is 6.19. The van der Waals surface area contributed by atoms with Gasteiger partial charge in [-0.05, 0) is 61.4 Å². The van der Waals surface area contributed by atoms with Crippen LogP contribution in [0.25, 0.3) is 0 Å². The van der Waals surface area contributed by atoms with E-state index in [1.807, 2.05) is 0 Å². The number of non-ortho nitro benzene ring substituents is 1. The molecule has 0 atom stereocenters. The lowest BCUT2D eigenvalue weighted by Crippen LogP contribution is -2.18. The third-order valence-corrected chi connectivity index (χ3v) is 7.52. The van der Waals surface area contributed by atoms with E-state index in [9.17, 15) is 31.3 Å². The number of nitrogens with one attached hydrogen (secondary N) is 2. The Morgan fingerprint density at radius 3 is 1.91 bits per heavy atom. The summed E-state index contributed by atoms with van der Waals surface area (Å²) in [4.78, 5) is 9.93. The summed E-state index contributed by atoms with van der Waals surface area (Å²) >= 11 is 0. The molecule has 0 aliphatic heterocycles. The molecule has 0 aliphatic carbocycles. The lowest BCUT2D eigenvalue weighted by atomic mass is 10.1. The summed E-state index contributed by atoms with van der Waals surface area (Å²) in [6, 6.07) is 12.0. The molecular weight excluding hydrogens is 461 g/mol. The number of halogens is 1. The van der Waals surface area contributed by atoms with Gasteiger partial charge in [-0.25, -0.2) is 21.2 Å². The summed E-state index contributed by atoms with van der Waals surface area (Å²) in [5.74, 6) is -0.611. The minimum absolute atomic E-state index is 0.0831. The van der Waals surface area contributed by atoms with Gasteiger partial charge in [-0.2, -0.15) is 0 Å². The number of rotatable bonds is 7. The van der Waals surface area contributed by atoms with Gasteiger partial charge in [-0.3, -0.25) is 19.6 Å². The van der Waals surface area contributed by atoms with Crippen LogP contribution < -0.4 is 9.44 Å². The van der Waals surface area contributed by atoms with E-state index in [-0.39, 0.29) is 21.2 Å². The van der Waals surface area contributed by atoms with Crippen LogP contribution in [0.3, 0.4) is 0 Å². The molecule has 12 heteroatoms. The Bertz CT molecular complexity index is 1410. The highest BCUT2D eigenvalue weighted by Gasteiger charge is 2.24. The summed E-state index contributed by atoms with van der Waals surface area (Å²) in [6.45, 7) is 3.06. The van der Waals surface area contributed by atoms with E-state index in [1.54, 1.807) is 6.92 Å². The minimum atomic E-state index is -4.31. The number of nitro groups is 1. The van der Waals surface area contributed by atoms with Gasteiger partial charge in [0.2, 0.25) is 0 Å². The second-order valence-corrected chi connectivity index (χ2v) is 10.2. The summed E-state index contributed by atoms with van der Waals surface area (Å²) in [5.41, 5.74) is 0.151. The van der Waals surface area contributed by atoms with Crippen molar-refractivity contribution >= 4 is 37.1 Å². The Hall–Kier alpha value is -3.51. The predicted molar refractivity (Wildman–Crippen MR) is 117 cm³/mol. The van der Waals surface area contributed by atoms with Gasteiger partial charge in [0.15, 0.2) is 0 Å². The molecule has 0 spiro atoms. The van der Waals surface area contributed by atoms with Gasteiger partial charge in [-0.1, -0.05) is 12.1 Å². The van der Waals surface area contributed by atoms with Gasteiger partial charge in [0.05, 0.1) is 26.1 Å². The first kappa shape index (κ1) is 23.2. The van der Waals surface area contributed by atoms with Gasteiger partial charge in [0.25, 0.3) is 25.7 Å². The molecule has 3 aromatic carbocycles. The van der Waals surface area contributed by atoms with Crippen molar-refractivity contribution in [2.75, 3.05) is 9.44 Å². The molecule has 9 nitrogen and oxygen atoms in total. The zero-order valence-corrected chi connectivity index (χ0v) is 18.5. The molecule has 0 amide bonds. The van der Waals surface area contributed by atoms with Crippen LogP contribution in [0.2, 0.25) is 0 Å². The maximum atomic E-state index is 13.1. The molecular formula is C20H18FN3O6S2. The summed E-state index contributed by atoms with van der Waals surface area (Å²) in [7, 11) is -8.46. The van der Waals surface area contributed by atoms with Crippen LogP contribution in [-0.4, -0.2) is 21.8 Å². The number of hydrogen-bond donors (Lipinski definition) is 2. The van der Waals surface area contributed by atoms with Crippen LogP contribution in [0.15, 0.2) is 70.5 Å². The number of hydrogen-bond acceptors (Lipinski definition) is 6. The Balaban J connectivity index is 2.00. The molecule has 3 rings (SSSR count). The van der Waals surface area contributed by atoms with Gasteiger partial charge in [-0.15, -0.1) is 0 Å². The van der Waals surface area contributed by atoms with Gasteiger partial charge in [0, 0.05) is 12.1 Å². The SMILES string of the molecule is Cc1cc([N+](=O)[O-])cc(S(=O)(=O)Nc2ccccc2NS(=O)(=O)c2ccc(F)cc2)c1C. The van der Waals surface area contributed by atoms with Gasteiger partial charge >= 0.3 is 0 Å². The minimum Gasteiger partial charge on any atom is -0.277 e. The van der Waals surface area contributed by atoms with Crippen molar-refractivity contribution in [3.8, 4) is 0 Å². The fourth-order valence-corrected chi connectivity index (χ4v) is 5.37. The Morgan fingerprint density at radius 2 is 1.38 bits per heavy atom. The molecule has 0 radical (unpaired) electrons. The summed E-state index contributed by atoms with van der Waals surface area (Å²) in [5, 5.41) is 11.2. The maximum Gasteiger partial charge on any atom is 0.271 e. The predicted octanol–water partition coefficient (Wildman–Crippen LogP) is 3.95. The number of sulfonamides is 2. The van der Waals surface area contributed by atoms with Gasteiger partial charge in [0.1, 0.15) is 5.82 Å². The number of nitro benzene ring substituents is 1. The van der Waals surface area contributed by atoms with Crippen molar-refractivity contribution in [1.82, 2.24) is 0 Å². The fourth-order valence-electron chi connectivity index (χ4n) is 2.87. The molecule has 0 fully saturated rings. The van der Waals surface area contributed by atoms with E-state index in [0.717, 1.165) is 30.3 Å². The van der Waals surface area contributed by atoms with Crippen LogP contribution in [0.4, 0.5) is 21.5 Å². The second kappa shape index (κ2) is 8.55. The van der Waals surface area contributed by atoms with E-state index in [0.29, 0.717) is 11.1 Å². The standard InChI is InChI=1S/C20H18FN3O6S2/c1-13-11-16(24(25)26)12-20(14(13)2)32(29,30)23-19-6-4-3-5-18(19)22-31(27,28)17-9-7-15(21)8-10-17/h3-12,22-23H,1-2H3. The number of aryl methyl sites for hydroxylation is 1. The highest BCUT2D eigenvalue weighted by atomic mass is 32.2. The first-order chi connectivity index (χ1) is 14.9. The maximum absolute atomic E-state index is 13.1. The fraction of sp³-hybridized carbons (Fsp3) is 0.100. The first-order valence-corrected chi connectivity index (χ1v) is 12.0. The third-order valence-electron chi connectivity index (χ3n) is 4.64. The van der Waals surface area contributed by atoms with Crippen molar-refractivity contribution in [2.45, 2.75) is 23.6 Å². The highest BCUT2D eigenvalue weighted by molar-refractivity contribution is 7.93. The molecule has 0 unspecified atom stereocenters. The first-order valence-electron chi connectivity index (χ1n) is 9.06. The van der Waals surface area contributed by atoms with Crippen molar-refractivity contribution in [1.29, 1.82) is 0 Å². The molecule has 0 heterocycles. The quantitative estimate of drug-likeness (QED) is 0.389. The van der Waals surface area contributed by atoms with Crippen molar-refractivity contribution in [3.63, 3.8) is 0 Å². The molecule has 2 N–H and O–H groups in total. The second-order valence-electron chi connectivity index (χ2n) is 6.85. The van der Waals surface area contributed by atoms with Gasteiger partial charge < -0.3 is 0 Å².